The minimum absolute atomic E-state index is 0.227. The van der Waals surface area contributed by atoms with Crippen molar-refractivity contribution in [1.82, 2.24) is 0 Å². The van der Waals surface area contributed by atoms with Gasteiger partial charge < -0.3 is 9.47 Å². The maximum absolute atomic E-state index is 10.4. The molecule has 0 saturated carbocycles. The second-order valence-electron chi connectivity index (χ2n) is 2.88. The van der Waals surface area contributed by atoms with E-state index in [-0.39, 0.29) is 12.6 Å². The van der Waals surface area contributed by atoms with Gasteiger partial charge in [-0.1, -0.05) is 0 Å². The first kappa shape index (κ1) is 11.2. The van der Waals surface area contributed by atoms with Gasteiger partial charge >= 0.3 is 5.97 Å². The monoisotopic (exact) mass is 208 g/mol. The Balaban J connectivity index is 2.31. The molecule has 4 heteroatoms. The molecule has 0 bridgehead atoms. The number of hydrogen-bond acceptors (Lipinski definition) is 4. The highest BCUT2D eigenvalue weighted by atomic mass is 16.6. The zero-order valence-electron chi connectivity index (χ0n) is 8.43. The highest BCUT2D eigenvalue weighted by molar-refractivity contribution is 5.74. The Kier molecular flexibility index (Phi) is 4.34. The van der Waals surface area contributed by atoms with Crippen LogP contribution in [0.3, 0.4) is 0 Å². The summed E-state index contributed by atoms with van der Waals surface area (Å²) < 4.78 is 9.95. The molecular formula is C11H12O4. The molecule has 0 atom stereocenters. The van der Waals surface area contributed by atoms with E-state index in [9.17, 15) is 9.59 Å². The Labute approximate surface area is 87.8 Å². The number of carbonyl (C=O) groups excluding carboxylic acids is 2. The first-order valence-corrected chi connectivity index (χ1v) is 4.54. The van der Waals surface area contributed by atoms with Crippen LogP contribution in [-0.2, 0) is 9.53 Å². The third-order valence-electron chi connectivity index (χ3n) is 1.67. The van der Waals surface area contributed by atoms with Gasteiger partial charge in [-0.05, 0) is 24.3 Å². The van der Waals surface area contributed by atoms with Crippen LogP contribution in [0.15, 0.2) is 24.3 Å². The van der Waals surface area contributed by atoms with Crippen LogP contribution in [0.1, 0.15) is 17.3 Å². The number of benzene rings is 1. The van der Waals surface area contributed by atoms with Crippen LogP contribution in [0.5, 0.6) is 5.75 Å². The lowest BCUT2D eigenvalue weighted by molar-refractivity contribution is -0.141. The van der Waals surface area contributed by atoms with Crippen molar-refractivity contribution < 1.29 is 19.1 Å². The summed E-state index contributed by atoms with van der Waals surface area (Å²) in [5.74, 6) is 0.322. The lowest BCUT2D eigenvalue weighted by Gasteiger charge is -2.05. The summed E-state index contributed by atoms with van der Waals surface area (Å²) in [4.78, 5) is 20.8. The third kappa shape index (κ3) is 4.26. The molecule has 0 aliphatic heterocycles. The van der Waals surface area contributed by atoms with E-state index in [0.29, 0.717) is 17.9 Å². The molecule has 1 rings (SSSR count). The van der Waals surface area contributed by atoms with Gasteiger partial charge in [-0.15, -0.1) is 0 Å². The number of esters is 1. The average Bonchev–Trinajstić information content (AvgIpc) is 2.25. The highest BCUT2D eigenvalue weighted by Gasteiger charge is 1.96. The van der Waals surface area contributed by atoms with E-state index in [0.717, 1.165) is 6.29 Å². The van der Waals surface area contributed by atoms with Gasteiger partial charge in [-0.2, -0.15) is 0 Å². The summed E-state index contributed by atoms with van der Waals surface area (Å²) in [6, 6.07) is 6.71. The molecule has 0 unspecified atom stereocenters. The Morgan fingerprint density at radius 1 is 1.27 bits per heavy atom. The number of hydrogen-bond donors (Lipinski definition) is 0. The molecule has 0 heterocycles. The number of ether oxygens (including phenoxy) is 2. The van der Waals surface area contributed by atoms with E-state index in [1.807, 2.05) is 0 Å². The summed E-state index contributed by atoms with van der Waals surface area (Å²) in [5.41, 5.74) is 0.599. The quantitative estimate of drug-likeness (QED) is 0.417. The highest BCUT2D eigenvalue weighted by Crippen LogP contribution is 2.10. The molecule has 4 nitrogen and oxygen atoms in total. The normalized spacial score (nSPS) is 9.40. The molecule has 1 aromatic carbocycles. The van der Waals surface area contributed by atoms with Gasteiger partial charge in [-0.3, -0.25) is 9.59 Å². The van der Waals surface area contributed by atoms with Crippen LogP contribution >= 0.6 is 0 Å². The second-order valence-corrected chi connectivity index (χ2v) is 2.88. The van der Waals surface area contributed by atoms with Gasteiger partial charge in [0.15, 0.2) is 0 Å². The standard InChI is InChI=1S/C11H12O4/c1-9(13)14-6-7-15-11-4-2-10(8-12)3-5-11/h2-5,8H,6-7H2,1H3. The fourth-order valence-corrected chi connectivity index (χ4v) is 0.988. The molecule has 0 N–H and O–H groups in total. The van der Waals surface area contributed by atoms with Crippen LogP contribution < -0.4 is 4.74 Å². The maximum Gasteiger partial charge on any atom is 0.302 e. The Morgan fingerprint density at radius 3 is 2.47 bits per heavy atom. The van der Waals surface area contributed by atoms with Gasteiger partial charge in [0, 0.05) is 12.5 Å². The molecule has 0 saturated heterocycles. The van der Waals surface area contributed by atoms with E-state index in [4.69, 9.17) is 4.74 Å². The minimum Gasteiger partial charge on any atom is -0.490 e. The summed E-state index contributed by atoms with van der Waals surface area (Å²) in [7, 11) is 0. The smallest absolute Gasteiger partial charge is 0.302 e. The molecule has 0 radical (unpaired) electrons. The molecule has 0 fully saturated rings. The fraction of sp³-hybridized carbons (Fsp3) is 0.273. The van der Waals surface area contributed by atoms with Crippen molar-refractivity contribution >= 4 is 12.3 Å². The molecule has 15 heavy (non-hydrogen) atoms. The second kappa shape index (κ2) is 5.80. The molecule has 0 aromatic heterocycles. The largest absolute Gasteiger partial charge is 0.490 e. The van der Waals surface area contributed by atoms with E-state index < -0.39 is 0 Å². The Hall–Kier alpha value is -1.84. The Morgan fingerprint density at radius 2 is 1.93 bits per heavy atom. The van der Waals surface area contributed by atoms with Gasteiger partial charge in [0.05, 0.1) is 0 Å². The third-order valence-corrected chi connectivity index (χ3v) is 1.67. The SMILES string of the molecule is CC(=O)OCCOc1ccc(C=O)cc1. The molecule has 80 valence electrons. The predicted octanol–water partition coefficient (Wildman–Crippen LogP) is 1.44. The van der Waals surface area contributed by atoms with E-state index >= 15 is 0 Å². The summed E-state index contributed by atoms with van der Waals surface area (Å²) in [5, 5.41) is 0. The molecule has 1 aromatic rings. The topological polar surface area (TPSA) is 52.6 Å². The summed E-state index contributed by atoms with van der Waals surface area (Å²) in [6.07, 6.45) is 0.767. The van der Waals surface area contributed by atoms with Gasteiger partial charge in [-0.25, -0.2) is 0 Å². The molecule has 0 spiro atoms. The molecule has 0 aliphatic rings. The van der Waals surface area contributed by atoms with Crippen LogP contribution in [0.4, 0.5) is 0 Å². The van der Waals surface area contributed by atoms with E-state index in [2.05, 4.69) is 4.74 Å². The van der Waals surface area contributed by atoms with E-state index in [1.165, 1.54) is 6.92 Å². The average molecular weight is 208 g/mol. The number of carbonyl (C=O) groups is 2. The first-order chi connectivity index (χ1) is 7.22. The van der Waals surface area contributed by atoms with Gasteiger partial charge in [0.25, 0.3) is 0 Å². The van der Waals surface area contributed by atoms with Crippen LogP contribution in [0, 0.1) is 0 Å². The molecular weight excluding hydrogens is 196 g/mol. The Bertz CT molecular complexity index is 329. The van der Waals surface area contributed by atoms with Crippen molar-refractivity contribution in [1.29, 1.82) is 0 Å². The van der Waals surface area contributed by atoms with Gasteiger partial charge in [0.2, 0.25) is 0 Å². The van der Waals surface area contributed by atoms with Gasteiger partial charge in [0.1, 0.15) is 25.2 Å². The van der Waals surface area contributed by atoms with Crippen molar-refractivity contribution in [2.45, 2.75) is 6.92 Å². The summed E-state index contributed by atoms with van der Waals surface area (Å²) >= 11 is 0. The molecule has 0 aliphatic carbocycles. The van der Waals surface area contributed by atoms with Crippen LogP contribution in [-0.4, -0.2) is 25.5 Å². The first-order valence-electron chi connectivity index (χ1n) is 4.54. The zero-order chi connectivity index (χ0) is 11.1. The predicted molar refractivity (Wildman–Crippen MR) is 54.0 cm³/mol. The van der Waals surface area contributed by atoms with E-state index in [1.54, 1.807) is 24.3 Å². The zero-order valence-corrected chi connectivity index (χ0v) is 8.43. The van der Waals surface area contributed by atoms with Crippen molar-refractivity contribution in [3.8, 4) is 5.75 Å². The van der Waals surface area contributed by atoms with Crippen molar-refractivity contribution in [2.24, 2.45) is 0 Å². The minimum atomic E-state index is -0.324. The fourth-order valence-electron chi connectivity index (χ4n) is 0.988. The lowest BCUT2D eigenvalue weighted by Crippen LogP contribution is -2.09. The van der Waals surface area contributed by atoms with Crippen molar-refractivity contribution in [3.05, 3.63) is 29.8 Å². The van der Waals surface area contributed by atoms with Crippen LogP contribution in [0.25, 0.3) is 0 Å². The summed E-state index contributed by atoms with van der Waals surface area (Å²) in [6.45, 7) is 1.88. The van der Waals surface area contributed by atoms with Crippen molar-refractivity contribution in [3.63, 3.8) is 0 Å². The number of aldehydes is 1. The lowest BCUT2D eigenvalue weighted by atomic mass is 10.2. The maximum atomic E-state index is 10.4. The van der Waals surface area contributed by atoms with Crippen molar-refractivity contribution in [2.75, 3.05) is 13.2 Å². The molecule has 0 amide bonds. The van der Waals surface area contributed by atoms with Crippen LogP contribution in [0.2, 0.25) is 0 Å². The number of rotatable bonds is 5.